The average molecular weight is 246 g/mol. The first-order valence-corrected chi connectivity index (χ1v) is 6.25. The van der Waals surface area contributed by atoms with Crippen LogP contribution in [0.1, 0.15) is 24.8 Å². The molecule has 0 aliphatic heterocycles. The summed E-state index contributed by atoms with van der Waals surface area (Å²) in [5.41, 5.74) is 1.08. The first-order chi connectivity index (χ1) is 8.66. The fourth-order valence-corrected chi connectivity index (χ4v) is 2.16. The van der Waals surface area contributed by atoms with E-state index < -0.39 is 0 Å². The van der Waals surface area contributed by atoms with Gasteiger partial charge in [0.1, 0.15) is 0 Å². The van der Waals surface area contributed by atoms with Crippen LogP contribution in [-0.2, 0) is 11.3 Å². The molecule has 1 aromatic rings. The maximum atomic E-state index is 11.9. The number of hydrogen-bond donors (Lipinski definition) is 1. The summed E-state index contributed by atoms with van der Waals surface area (Å²) in [5.74, 6) is 0.150. The fourth-order valence-electron chi connectivity index (χ4n) is 2.16. The summed E-state index contributed by atoms with van der Waals surface area (Å²) in [7, 11) is 1.74. The highest BCUT2D eigenvalue weighted by Crippen LogP contribution is 2.14. The number of urea groups is 1. The van der Waals surface area contributed by atoms with Crippen LogP contribution in [0.2, 0.25) is 0 Å². The average Bonchev–Trinajstić information content (AvgIpc) is 2.76. The zero-order chi connectivity index (χ0) is 13.0. The highest BCUT2D eigenvalue weighted by Gasteiger charge is 2.26. The van der Waals surface area contributed by atoms with Crippen LogP contribution < -0.4 is 5.32 Å². The van der Waals surface area contributed by atoms with Crippen LogP contribution in [0.4, 0.5) is 4.79 Å². The Balaban J connectivity index is 1.87. The lowest BCUT2D eigenvalue weighted by molar-refractivity contribution is -0.118. The van der Waals surface area contributed by atoms with Gasteiger partial charge in [-0.3, -0.25) is 4.79 Å². The highest BCUT2D eigenvalue weighted by atomic mass is 16.2. The third kappa shape index (κ3) is 3.09. The van der Waals surface area contributed by atoms with E-state index in [1.807, 2.05) is 30.3 Å². The number of carbonyl (C=O) groups excluding carboxylic acids is 2. The molecule has 0 aromatic heterocycles. The molecule has 0 bridgehead atoms. The summed E-state index contributed by atoms with van der Waals surface area (Å²) in [5, 5.41) is 2.79. The van der Waals surface area contributed by atoms with Gasteiger partial charge in [-0.25, -0.2) is 4.79 Å². The number of carbonyl (C=O) groups is 2. The monoisotopic (exact) mass is 246 g/mol. The Morgan fingerprint density at radius 2 is 2.11 bits per heavy atom. The quantitative estimate of drug-likeness (QED) is 0.886. The van der Waals surface area contributed by atoms with Crippen molar-refractivity contribution in [1.82, 2.24) is 10.2 Å². The molecule has 96 valence electrons. The van der Waals surface area contributed by atoms with Crippen molar-refractivity contribution in [2.24, 2.45) is 0 Å². The van der Waals surface area contributed by atoms with E-state index in [0.29, 0.717) is 13.0 Å². The first-order valence-electron chi connectivity index (χ1n) is 6.25. The van der Waals surface area contributed by atoms with Crippen molar-refractivity contribution in [2.45, 2.75) is 31.8 Å². The molecule has 2 amide bonds. The molecule has 1 unspecified atom stereocenters. The Labute approximate surface area is 107 Å². The van der Waals surface area contributed by atoms with Crippen LogP contribution in [0, 0.1) is 0 Å². The number of Topliss-reactive ketones (excluding diaryl/α,β-unsaturated/α-hetero) is 1. The molecular formula is C14H18N2O2. The van der Waals surface area contributed by atoms with E-state index >= 15 is 0 Å². The van der Waals surface area contributed by atoms with Gasteiger partial charge < -0.3 is 10.2 Å². The second-order valence-electron chi connectivity index (χ2n) is 4.70. The third-order valence-corrected chi connectivity index (χ3v) is 3.21. The van der Waals surface area contributed by atoms with Gasteiger partial charge in [0.05, 0.1) is 6.04 Å². The van der Waals surface area contributed by atoms with E-state index in [9.17, 15) is 9.59 Å². The Hall–Kier alpha value is -1.84. The first kappa shape index (κ1) is 12.6. The van der Waals surface area contributed by atoms with Crippen LogP contribution in [0.15, 0.2) is 30.3 Å². The van der Waals surface area contributed by atoms with Crippen LogP contribution in [-0.4, -0.2) is 29.8 Å². The Morgan fingerprint density at radius 1 is 1.39 bits per heavy atom. The molecule has 0 saturated heterocycles. The molecular weight excluding hydrogens is 228 g/mol. The molecule has 2 rings (SSSR count). The molecule has 0 radical (unpaired) electrons. The van der Waals surface area contributed by atoms with Gasteiger partial charge in [-0.05, 0) is 18.4 Å². The fraction of sp³-hybridized carbons (Fsp3) is 0.429. The minimum absolute atomic E-state index is 0.150. The largest absolute Gasteiger partial charge is 0.328 e. The minimum atomic E-state index is -0.282. The molecule has 1 fully saturated rings. The molecule has 1 N–H and O–H groups in total. The maximum absolute atomic E-state index is 11.9. The molecule has 4 nitrogen and oxygen atoms in total. The molecule has 1 saturated carbocycles. The number of nitrogens with one attached hydrogen (secondary N) is 1. The van der Waals surface area contributed by atoms with Gasteiger partial charge in [0.2, 0.25) is 0 Å². The van der Waals surface area contributed by atoms with Gasteiger partial charge in [0.15, 0.2) is 5.78 Å². The van der Waals surface area contributed by atoms with Crippen LogP contribution >= 0.6 is 0 Å². The molecule has 1 aliphatic rings. The lowest BCUT2D eigenvalue weighted by Crippen LogP contribution is -2.44. The van der Waals surface area contributed by atoms with E-state index in [2.05, 4.69) is 5.32 Å². The molecule has 4 heteroatoms. The summed E-state index contributed by atoms with van der Waals surface area (Å²) in [4.78, 5) is 25.0. The standard InChI is InChI=1S/C14H18N2O2/c1-16(10-11-6-3-2-4-7-11)14(18)15-12-8-5-9-13(12)17/h2-4,6-7,12H,5,8-10H2,1H3,(H,15,18). The van der Waals surface area contributed by atoms with Crippen molar-refractivity contribution in [2.75, 3.05) is 7.05 Å². The van der Waals surface area contributed by atoms with Crippen molar-refractivity contribution < 1.29 is 9.59 Å². The molecule has 0 heterocycles. The Bertz CT molecular complexity index is 431. The molecule has 0 spiro atoms. The number of hydrogen-bond acceptors (Lipinski definition) is 2. The van der Waals surface area contributed by atoms with Gasteiger partial charge in [-0.15, -0.1) is 0 Å². The van der Waals surface area contributed by atoms with E-state index in [1.54, 1.807) is 11.9 Å². The summed E-state index contributed by atoms with van der Waals surface area (Å²) in [6.07, 6.45) is 2.24. The lowest BCUT2D eigenvalue weighted by atomic mass is 10.2. The number of rotatable bonds is 3. The maximum Gasteiger partial charge on any atom is 0.318 e. The van der Waals surface area contributed by atoms with E-state index in [4.69, 9.17) is 0 Å². The van der Waals surface area contributed by atoms with Crippen LogP contribution in [0.25, 0.3) is 0 Å². The topological polar surface area (TPSA) is 49.4 Å². The normalized spacial score (nSPS) is 18.7. The minimum Gasteiger partial charge on any atom is -0.328 e. The van der Waals surface area contributed by atoms with Crippen molar-refractivity contribution >= 4 is 11.8 Å². The van der Waals surface area contributed by atoms with E-state index in [1.165, 1.54) is 0 Å². The highest BCUT2D eigenvalue weighted by molar-refractivity contribution is 5.90. The van der Waals surface area contributed by atoms with E-state index in [0.717, 1.165) is 18.4 Å². The zero-order valence-electron chi connectivity index (χ0n) is 10.6. The molecule has 1 atom stereocenters. The molecule has 18 heavy (non-hydrogen) atoms. The lowest BCUT2D eigenvalue weighted by Gasteiger charge is -2.20. The van der Waals surface area contributed by atoms with Crippen molar-refractivity contribution in [1.29, 1.82) is 0 Å². The number of ketones is 1. The number of nitrogens with zero attached hydrogens (tertiary/aromatic N) is 1. The summed E-state index contributed by atoms with van der Waals surface area (Å²) < 4.78 is 0. The van der Waals surface area contributed by atoms with Gasteiger partial charge >= 0.3 is 6.03 Å². The second-order valence-corrected chi connectivity index (χ2v) is 4.70. The van der Waals surface area contributed by atoms with Gasteiger partial charge in [-0.1, -0.05) is 30.3 Å². The molecule has 1 aromatic carbocycles. The number of amides is 2. The smallest absolute Gasteiger partial charge is 0.318 e. The second kappa shape index (κ2) is 5.67. The zero-order valence-corrected chi connectivity index (χ0v) is 10.6. The van der Waals surface area contributed by atoms with Crippen molar-refractivity contribution in [3.8, 4) is 0 Å². The third-order valence-electron chi connectivity index (χ3n) is 3.21. The summed E-state index contributed by atoms with van der Waals surface area (Å²) in [6.45, 7) is 0.549. The molecule has 1 aliphatic carbocycles. The summed E-state index contributed by atoms with van der Waals surface area (Å²) in [6, 6.07) is 9.33. The Morgan fingerprint density at radius 3 is 2.72 bits per heavy atom. The van der Waals surface area contributed by atoms with Gasteiger partial charge in [-0.2, -0.15) is 0 Å². The predicted molar refractivity (Wildman–Crippen MR) is 69.1 cm³/mol. The van der Waals surface area contributed by atoms with Crippen LogP contribution in [0.5, 0.6) is 0 Å². The number of benzene rings is 1. The van der Waals surface area contributed by atoms with Crippen molar-refractivity contribution in [3.05, 3.63) is 35.9 Å². The SMILES string of the molecule is CN(Cc1ccccc1)C(=O)NC1CCCC1=O. The van der Waals surface area contributed by atoms with E-state index in [-0.39, 0.29) is 17.9 Å². The van der Waals surface area contributed by atoms with Gasteiger partial charge in [0.25, 0.3) is 0 Å². The Kier molecular flexibility index (Phi) is 3.97. The van der Waals surface area contributed by atoms with Crippen molar-refractivity contribution in [3.63, 3.8) is 0 Å². The predicted octanol–water partition coefficient (Wildman–Crippen LogP) is 1.95. The summed E-state index contributed by atoms with van der Waals surface area (Å²) >= 11 is 0. The van der Waals surface area contributed by atoms with Crippen LogP contribution in [0.3, 0.4) is 0 Å². The van der Waals surface area contributed by atoms with Gasteiger partial charge in [0, 0.05) is 20.0 Å².